The lowest BCUT2D eigenvalue weighted by atomic mass is 10.0. The van der Waals surface area contributed by atoms with Gasteiger partial charge in [-0.05, 0) is 42.7 Å². The van der Waals surface area contributed by atoms with Crippen molar-refractivity contribution < 1.29 is 18.8 Å². The highest BCUT2D eigenvalue weighted by molar-refractivity contribution is 6.01. The van der Waals surface area contributed by atoms with Crippen molar-refractivity contribution in [3.63, 3.8) is 0 Å². The number of nitrogens with zero attached hydrogens (tertiary/aromatic N) is 1. The molecule has 0 bridgehead atoms. The maximum Gasteiger partial charge on any atom is 0.287 e. The molecule has 0 unspecified atom stereocenters. The van der Waals surface area contributed by atoms with Gasteiger partial charge in [-0.15, -0.1) is 0 Å². The number of furan rings is 1. The van der Waals surface area contributed by atoms with Crippen LogP contribution in [0.25, 0.3) is 0 Å². The number of anilines is 2. The van der Waals surface area contributed by atoms with Crippen LogP contribution in [-0.4, -0.2) is 30.3 Å². The molecular formula is C20H23N3O4. The minimum atomic E-state index is -0.723. The van der Waals surface area contributed by atoms with Gasteiger partial charge < -0.3 is 20.0 Å². The molecule has 3 rings (SSSR count). The zero-order chi connectivity index (χ0) is 19.4. The zero-order valence-corrected chi connectivity index (χ0v) is 15.4. The standard InChI is InChI=1S/C20H23N3O4/c1-13(2)18(22-19(25)16-8-5-11-27-16)20(26)21-14-6-3-7-15(12-14)23-10-4-9-17(23)24/h3,5-8,11-13,18H,4,9-10H2,1-2H3,(H,21,26)(H,22,25)/t18-/m0/s1. The largest absolute Gasteiger partial charge is 0.459 e. The Bertz CT molecular complexity index is 830. The first-order chi connectivity index (χ1) is 13.0. The van der Waals surface area contributed by atoms with Crippen LogP contribution < -0.4 is 15.5 Å². The summed E-state index contributed by atoms with van der Waals surface area (Å²) in [6.07, 6.45) is 2.79. The van der Waals surface area contributed by atoms with Crippen molar-refractivity contribution >= 4 is 29.1 Å². The molecule has 2 aromatic rings. The number of carbonyl (C=O) groups is 3. The number of benzene rings is 1. The van der Waals surface area contributed by atoms with E-state index in [9.17, 15) is 14.4 Å². The molecule has 3 amide bonds. The summed E-state index contributed by atoms with van der Waals surface area (Å²) < 4.78 is 5.08. The molecule has 0 saturated carbocycles. The lowest BCUT2D eigenvalue weighted by Crippen LogP contribution is -2.47. The van der Waals surface area contributed by atoms with Crippen LogP contribution in [0.3, 0.4) is 0 Å². The van der Waals surface area contributed by atoms with Gasteiger partial charge in [0.25, 0.3) is 5.91 Å². The van der Waals surface area contributed by atoms with Crippen LogP contribution in [-0.2, 0) is 9.59 Å². The molecule has 7 nitrogen and oxygen atoms in total. The summed E-state index contributed by atoms with van der Waals surface area (Å²) >= 11 is 0. The molecule has 1 saturated heterocycles. The zero-order valence-electron chi connectivity index (χ0n) is 15.4. The summed E-state index contributed by atoms with van der Waals surface area (Å²) in [5.74, 6) is -0.639. The first-order valence-corrected chi connectivity index (χ1v) is 9.01. The topological polar surface area (TPSA) is 91.7 Å². The van der Waals surface area contributed by atoms with E-state index < -0.39 is 11.9 Å². The van der Waals surface area contributed by atoms with Crippen LogP contribution in [0.15, 0.2) is 47.1 Å². The molecule has 1 aromatic heterocycles. The van der Waals surface area contributed by atoms with Gasteiger partial charge in [0.05, 0.1) is 6.26 Å². The van der Waals surface area contributed by atoms with E-state index in [2.05, 4.69) is 10.6 Å². The third kappa shape index (κ3) is 4.36. The Hall–Kier alpha value is -3.09. The Morgan fingerprint density at radius 3 is 2.63 bits per heavy atom. The monoisotopic (exact) mass is 369 g/mol. The van der Waals surface area contributed by atoms with Crippen molar-refractivity contribution in [2.75, 3.05) is 16.8 Å². The summed E-state index contributed by atoms with van der Waals surface area (Å²) in [7, 11) is 0. The molecule has 27 heavy (non-hydrogen) atoms. The summed E-state index contributed by atoms with van der Waals surface area (Å²) in [6.45, 7) is 4.39. The lowest BCUT2D eigenvalue weighted by molar-refractivity contribution is -0.119. The van der Waals surface area contributed by atoms with E-state index in [0.717, 1.165) is 12.1 Å². The molecule has 142 valence electrons. The Kier molecular flexibility index (Phi) is 5.59. The van der Waals surface area contributed by atoms with Gasteiger partial charge in [-0.25, -0.2) is 0 Å². The molecule has 7 heteroatoms. The third-order valence-electron chi connectivity index (χ3n) is 4.48. The van der Waals surface area contributed by atoms with Gasteiger partial charge in [0.15, 0.2) is 5.76 Å². The Labute approximate surface area is 157 Å². The van der Waals surface area contributed by atoms with E-state index in [-0.39, 0.29) is 23.5 Å². The molecule has 1 aliphatic heterocycles. The van der Waals surface area contributed by atoms with E-state index in [1.807, 2.05) is 19.9 Å². The van der Waals surface area contributed by atoms with Gasteiger partial charge in [0, 0.05) is 24.3 Å². The fraction of sp³-hybridized carbons (Fsp3) is 0.350. The maximum atomic E-state index is 12.7. The van der Waals surface area contributed by atoms with Crippen molar-refractivity contribution in [1.82, 2.24) is 5.32 Å². The Morgan fingerprint density at radius 1 is 1.19 bits per heavy atom. The second-order valence-electron chi connectivity index (χ2n) is 6.86. The first-order valence-electron chi connectivity index (χ1n) is 9.01. The number of hydrogen-bond donors (Lipinski definition) is 2. The van der Waals surface area contributed by atoms with Crippen molar-refractivity contribution in [2.24, 2.45) is 5.92 Å². The third-order valence-corrected chi connectivity index (χ3v) is 4.48. The molecule has 1 aliphatic rings. The van der Waals surface area contributed by atoms with Crippen LogP contribution in [0.4, 0.5) is 11.4 Å². The summed E-state index contributed by atoms with van der Waals surface area (Å²) in [6, 6.07) is 9.60. The van der Waals surface area contributed by atoms with Crippen molar-refractivity contribution in [3.8, 4) is 0 Å². The second-order valence-corrected chi connectivity index (χ2v) is 6.86. The minimum Gasteiger partial charge on any atom is -0.459 e. The van der Waals surface area contributed by atoms with Crippen molar-refractivity contribution in [1.29, 1.82) is 0 Å². The summed E-state index contributed by atoms with van der Waals surface area (Å²) in [5.41, 5.74) is 1.34. The maximum absolute atomic E-state index is 12.7. The number of amides is 3. The molecule has 0 radical (unpaired) electrons. The van der Waals surface area contributed by atoms with Gasteiger partial charge in [-0.3, -0.25) is 14.4 Å². The average Bonchev–Trinajstić information content (AvgIpc) is 3.31. The number of rotatable bonds is 6. The minimum absolute atomic E-state index is 0.0873. The van der Waals surface area contributed by atoms with Crippen molar-refractivity contribution in [3.05, 3.63) is 48.4 Å². The van der Waals surface area contributed by atoms with Crippen LogP contribution >= 0.6 is 0 Å². The number of nitrogens with one attached hydrogen (secondary N) is 2. The first kappa shape index (κ1) is 18.7. The van der Waals surface area contributed by atoms with Gasteiger partial charge in [-0.2, -0.15) is 0 Å². The number of hydrogen-bond acceptors (Lipinski definition) is 4. The molecule has 1 aromatic carbocycles. The molecule has 0 spiro atoms. The molecule has 2 N–H and O–H groups in total. The SMILES string of the molecule is CC(C)[C@H](NC(=O)c1ccco1)C(=O)Nc1cccc(N2CCCC2=O)c1. The van der Waals surface area contributed by atoms with Crippen LogP contribution in [0.1, 0.15) is 37.2 Å². The van der Waals surface area contributed by atoms with Crippen LogP contribution in [0.5, 0.6) is 0 Å². The quantitative estimate of drug-likeness (QED) is 0.819. The highest BCUT2D eigenvalue weighted by Crippen LogP contribution is 2.24. The fourth-order valence-electron chi connectivity index (χ4n) is 3.05. The Balaban J connectivity index is 1.70. The predicted molar refractivity (Wildman–Crippen MR) is 101 cm³/mol. The molecular weight excluding hydrogens is 346 g/mol. The molecule has 1 atom stereocenters. The normalized spacial score (nSPS) is 15.1. The highest BCUT2D eigenvalue weighted by atomic mass is 16.3. The smallest absolute Gasteiger partial charge is 0.287 e. The van der Waals surface area contributed by atoms with E-state index in [1.165, 1.54) is 6.26 Å². The number of carbonyl (C=O) groups excluding carboxylic acids is 3. The molecule has 0 aliphatic carbocycles. The van der Waals surface area contributed by atoms with Gasteiger partial charge in [-0.1, -0.05) is 19.9 Å². The van der Waals surface area contributed by atoms with Crippen LogP contribution in [0.2, 0.25) is 0 Å². The highest BCUT2D eigenvalue weighted by Gasteiger charge is 2.26. The second kappa shape index (κ2) is 8.07. The van der Waals surface area contributed by atoms with Crippen molar-refractivity contribution in [2.45, 2.75) is 32.7 Å². The molecule has 1 fully saturated rings. The van der Waals surface area contributed by atoms with Gasteiger partial charge in [0.2, 0.25) is 11.8 Å². The van der Waals surface area contributed by atoms with Gasteiger partial charge in [0.1, 0.15) is 6.04 Å². The molecule has 2 heterocycles. The van der Waals surface area contributed by atoms with E-state index in [0.29, 0.717) is 18.7 Å². The van der Waals surface area contributed by atoms with E-state index in [1.54, 1.807) is 35.2 Å². The summed E-state index contributed by atoms with van der Waals surface area (Å²) in [5, 5.41) is 5.54. The lowest BCUT2D eigenvalue weighted by Gasteiger charge is -2.22. The predicted octanol–water partition coefficient (Wildman–Crippen LogP) is 2.80. The van der Waals surface area contributed by atoms with Gasteiger partial charge >= 0.3 is 0 Å². The van der Waals surface area contributed by atoms with Crippen LogP contribution in [0, 0.1) is 5.92 Å². The average molecular weight is 369 g/mol. The summed E-state index contributed by atoms with van der Waals surface area (Å²) in [4.78, 5) is 38.6. The fourth-order valence-corrected chi connectivity index (χ4v) is 3.05. The van der Waals surface area contributed by atoms with E-state index >= 15 is 0 Å². The van der Waals surface area contributed by atoms with E-state index in [4.69, 9.17) is 4.42 Å². The Morgan fingerprint density at radius 2 is 2.00 bits per heavy atom.